The number of methoxy groups -OCH3 is 1. The summed E-state index contributed by atoms with van der Waals surface area (Å²) < 4.78 is 6.07. The summed E-state index contributed by atoms with van der Waals surface area (Å²) in [5.74, 6) is 0. The number of hydrogen-bond acceptors (Lipinski definition) is 2. The second-order valence-corrected chi connectivity index (χ2v) is 3.51. The molecule has 0 aliphatic heterocycles. The molecule has 0 radical (unpaired) electrons. The number of nitrogens with zero attached hydrogens (tertiary/aromatic N) is 1. The lowest BCUT2D eigenvalue weighted by atomic mass is 10.2. The minimum Gasteiger partial charge on any atom is -0.380 e. The van der Waals surface area contributed by atoms with Crippen LogP contribution in [0.1, 0.15) is 11.1 Å². The Bertz CT molecular complexity index is 317. The molecule has 62 valence electrons. The van der Waals surface area contributed by atoms with Gasteiger partial charge in [0.05, 0.1) is 18.2 Å². The van der Waals surface area contributed by atoms with Gasteiger partial charge in [-0.25, -0.2) is 0 Å². The van der Waals surface area contributed by atoms with Gasteiger partial charge in [0.2, 0.25) is 0 Å². The zero-order valence-corrected chi connectivity index (χ0v) is 8.83. The Morgan fingerprint density at radius 2 is 2.33 bits per heavy atom. The van der Waals surface area contributed by atoms with Gasteiger partial charge < -0.3 is 4.74 Å². The average Bonchev–Trinajstić information content (AvgIpc) is 2.09. The zero-order chi connectivity index (χ0) is 8.97. The maximum absolute atomic E-state index is 8.60. The molecule has 0 saturated heterocycles. The van der Waals surface area contributed by atoms with Gasteiger partial charge in [0, 0.05) is 10.7 Å². The van der Waals surface area contributed by atoms with Crippen molar-refractivity contribution in [2.24, 2.45) is 0 Å². The van der Waals surface area contributed by atoms with E-state index in [-0.39, 0.29) is 0 Å². The standard InChI is InChI=1S/C9H8INO/c1-12-6-8-3-2-7(5-11)4-9(8)10/h2-4H,6H2,1H3. The Hall–Kier alpha value is -0.600. The normalized spacial score (nSPS) is 9.42. The second-order valence-electron chi connectivity index (χ2n) is 2.35. The van der Waals surface area contributed by atoms with Crippen LogP contribution in [0.4, 0.5) is 0 Å². The van der Waals surface area contributed by atoms with Gasteiger partial charge in [-0.05, 0) is 40.3 Å². The summed E-state index contributed by atoms with van der Waals surface area (Å²) in [5, 5.41) is 8.60. The van der Waals surface area contributed by atoms with Crippen LogP contribution in [0, 0.1) is 14.9 Å². The van der Waals surface area contributed by atoms with Crippen molar-refractivity contribution in [3.05, 3.63) is 32.9 Å². The van der Waals surface area contributed by atoms with Crippen LogP contribution >= 0.6 is 22.6 Å². The molecule has 1 rings (SSSR count). The predicted molar refractivity (Wildman–Crippen MR) is 54.6 cm³/mol. The number of nitriles is 1. The molecule has 0 aromatic heterocycles. The first kappa shape index (κ1) is 9.49. The summed E-state index contributed by atoms with van der Waals surface area (Å²) >= 11 is 2.20. The van der Waals surface area contributed by atoms with Gasteiger partial charge in [-0.1, -0.05) is 6.07 Å². The van der Waals surface area contributed by atoms with Gasteiger partial charge in [-0.15, -0.1) is 0 Å². The van der Waals surface area contributed by atoms with Crippen LogP contribution in [0.25, 0.3) is 0 Å². The van der Waals surface area contributed by atoms with Crippen molar-refractivity contribution in [1.82, 2.24) is 0 Å². The molecule has 2 nitrogen and oxygen atoms in total. The van der Waals surface area contributed by atoms with E-state index < -0.39 is 0 Å². The Morgan fingerprint density at radius 1 is 1.58 bits per heavy atom. The summed E-state index contributed by atoms with van der Waals surface area (Å²) in [5.41, 5.74) is 1.82. The molecule has 0 N–H and O–H groups in total. The highest BCUT2D eigenvalue weighted by Crippen LogP contribution is 2.14. The highest BCUT2D eigenvalue weighted by molar-refractivity contribution is 14.1. The number of benzene rings is 1. The third kappa shape index (κ3) is 2.19. The van der Waals surface area contributed by atoms with E-state index in [0.29, 0.717) is 12.2 Å². The highest BCUT2D eigenvalue weighted by atomic mass is 127. The summed E-state index contributed by atoms with van der Waals surface area (Å²) in [6.07, 6.45) is 0. The lowest BCUT2D eigenvalue weighted by Gasteiger charge is -2.02. The molecule has 3 heteroatoms. The van der Waals surface area contributed by atoms with Crippen molar-refractivity contribution < 1.29 is 4.74 Å². The molecule has 0 spiro atoms. The highest BCUT2D eigenvalue weighted by Gasteiger charge is 1.99. The fourth-order valence-corrected chi connectivity index (χ4v) is 1.56. The van der Waals surface area contributed by atoms with Gasteiger partial charge in [-0.3, -0.25) is 0 Å². The Kier molecular flexibility index (Phi) is 3.50. The second kappa shape index (κ2) is 4.43. The van der Waals surface area contributed by atoms with Crippen molar-refractivity contribution in [1.29, 1.82) is 5.26 Å². The number of ether oxygens (including phenoxy) is 1. The van der Waals surface area contributed by atoms with Crippen molar-refractivity contribution in [2.45, 2.75) is 6.61 Å². The molecule has 0 amide bonds. The molecule has 0 atom stereocenters. The summed E-state index contributed by atoms with van der Waals surface area (Å²) in [4.78, 5) is 0. The fraction of sp³-hybridized carbons (Fsp3) is 0.222. The van der Waals surface area contributed by atoms with Crippen molar-refractivity contribution in [3.8, 4) is 6.07 Å². The largest absolute Gasteiger partial charge is 0.380 e. The van der Waals surface area contributed by atoms with E-state index in [1.165, 1.54) is 0 Å². The van der Waals surface area contributed by atoms with E-state index in [1.807, 2.05) is 12.1 Å². The van der Waals surface area contributed by atoms with Crippen LogP contribution in [0.5, 0.6) is 0 Å². The van der Waals surface area contributed by atoms with Crippen molar-refractivity contribution >= 4 is 22.6 Å². The minimum atomic E-state index is 0.601. The molecule has 12 heavy (non-hydrogen) atoms. The van der Waals surface area contributed by atoms with E-state index in [4.69, 9.17) is 10.00 Å². The molecule has 0 saturated carbocycles. The van der Waals surface area contributed by atoms with E-state index in [1.54, 1.807) is 13.2 Å². The third-order valence-corrected chi connectivity index (χ3v) is 2.49. The molecular formula is C9H8INO. The predicted octanol–water partition coefficient (Wildman–Crippen LogP) is 2.31. The SMILES string of the molecule is COCc1ccc(C#N)cc1I. The van der Waals surface area contributed by atoms with Crippen LogP contribution < -0.4 is 0 Å². The summed E-state index contributed by atoms with van der Waals surface area (Å²) in [7, 11) is 1.66. The first-order valence-corrected chi connectivity index (χ1v) is 4.53. The van der Waals surface area contributed by atoms with Crippen LogP contribution in [-0.2, 0) is 11.3 Å². The van der Waals surface area contributed by atoms with Crippen LogP contribution in [0.3, 0.4) is 0 Å². The number of rotatable bonds is 2. The lowest BCUT2D eigenvalue weighted by Crippen LogP contribution is -1.91. The Morgan fingerprint density at radius 3 is 2.83 bits per heavy atom. The topological polar surface area (TPSA) is 33.0 Å². The first-order chi connectivity index (χ1) is 5.77. The zero-order valence-electron chi connectivity index (χ0n) is 6.67. The third-order valence-electron chi connectivity index (χ3n) is 1.48. The van der Waals surface area contributed by atoms with Gasteiger partial charge in [0.15, 0.2) is 0 Å². The van der Waals surface area contributed by atoms with Crippen molar-refractivity contribution in [3.63, 3.8) is 0 Å². The molecule has 0 aliphatic rings. The van der Waals surface area contributed by atoms with Gasteiger partial charge >= 0.3 is 0 Å². The number of halogens is 1. The molecule has 1 aromatic rings. The van der Waals surface area contributed by atoms with Gasteiger partial charge in [0.1, 0.15) is 0 Å². The van der Waals surface area contributed by atoms with Crippen LogP contribution in [-0.4, -0.2) is 7.11 Å². The summed E-state index contributed by atoms with van der Waals surface area (Å²) in [6, 6.07) is 7.67. The van der Waals surface area contributed by atoms with E-state index >= 15 is 0 Å². The van der Waals surface area contributed by atoms with Crippen molar-refractivity contribution in [2.75, 3.05) is 7.11 Å². The first-order valence-electron chi connectivity index (χ1n) is 3.45. The molecule has 1 aromatic carbocycles. The maximum atomic E-state index is 8.60. The molecule has 0 bridgehead atoms. The molecule has 0 heterocycles. The quantitative estimate of drug-likeness (QED) is 0.775. The Labute approximate surface area is 85.3 Å². The number of hydrogen-bond donors (Lipinski definition) is 0. The lowest BCUT2D eigenvalue weighted by molar-refractivity contribution is 0.184. The summed E-state index contributed by atoms with van der Waals surface area (Å²) in [6.45, 7) is 0.601. The van der Waals surface area contributed by atoms with Crippen LogP contribution in [0.15, 0.2) is 18.2 Å². The van der Waals surface area contributed by atoms with Gasteiger partial charge in [0.25, 0.3) is 0 Å². The Balaban J connectivity index is 2.97. The van der Waals surface area contributed by atoms with Crippen LogP contribution in [0.2, 0.25) is 0 Å². The smallest absolute Gasteiger partial charge is 0.0991 e. The molecule has 0 unspecified atom stereocenters. The molecule has 0 aliphatic carbocycles. The van der Waals surface area contributed by atoms with E-state index in [0.717, 1.165) is 9.13 Å². The average molecular weight is 273 g/mol. The molecular weight excluding hydrogens is 265 g/mol. The fourth-order valence-electron chi connectivity index (χ4n) is 0.889. The monoisotopic (exact) mass is 273 g/mol. The van der Waals surface area contributed by atoms with E-state index in [9.17, 15) is 0 Å². The minimum absolute atomic E-state index is 0.601. The van der Waals surface area contributed by atoms with Gasteiger partial charge in [-0.2, -0.15) is 5.26 Å². The molecule has 0 fully saturated rings. The van der Waals surface area contributed by atoms with E-state index in [2.05, 4.69) is 28.7 Å². The maximum Gasteiger partial charge on any atom is 0.0991 e.